The molecule has 146 valence electrons. The zero-order chi connectivity index (χ0) is 19.0. The van der Waals surface area contributed by atoms with Gasteiger partial charge in [-0.25, -0.2) is 13.1 Å². The van der Waals surface area contributed by atoms with Crippen molar-refractivity contribution in [2.24, 2.45) is 0 Å². The minimum absolute atomic E-state index is 0.431. The third kappa shape index (κ3) is 3.61. The lowest BCUT2D eigenvalue weighted by molar-refractivity contribution is 0.144. The van der Waals surface area contributed by atoms with Gasteiger partial charge in [-0.3, -0.25) is 4.90 Å². The molecule has 2 heterocycles. The van der Waals surface area contributed by atoms with E-state index < -0.39 is 10.0 Å². The van der Waals surface area contributed by atoms with Gasteiger partial charge in [-0.2, -0.15) is 9.40 Å². The molecule has 1 aromatic heterocycles. The van der Waals surface area contributed by atoms with Crippen LogP contribution in [0.2, 0.25) is 0 Å². The van der Waals surface area contributed by atoms with Gasteiger partial charge in [0.05, 0.1) is 11.6 Å². The molecule has 0 saturated carbocycles. The molecule has 2 aliphatic rings. The van der Waals surface area contributed by atoms with Crippen molar-refractivity contribution < 1.29 is 8.42 Å². The summed E-state index contributed by atoms with van der Waals surface area (Å²) >= 11 is 5.41. The van der Waals surface area contributed by atoms with Gasteiger partial charge >= 0.3 is 0 Å². The number of nitrogens with zero attached hydrogens (tertiary/aromatic N) is 5. The SMILES string of the molecule is CCn1cnn(CN2CCN(S(=O)(=O)c3ccc4c(c3)CCC4)CC2)c1=S. The van der Waals surface area contributed by atoms with Crippen molar-refractivity contribution in [2.75, 3.05) is 26.2 Å². The standard InChI is InChI=1S/C18H25N5O2S2/c1-2-21-13-19-23(18(21)26)14-20-8-10-22(11-9-20)27(24,25)17-7-6-15-4-3-5-16(15)12-17/h6-7,12-13H,2-5,8-11,14H2,1H3. The highest BCUT2D eigenvalue weighted by molar-refractivity contribution is 7.89. The first kappa shape index (κ1) is 18.8. The van der Waals surface area contributed by atoms with Crippen LogP contribution in [0.25, 0.3) is 0 Å². The Kier molecular flexibility index (Phi) is 5.19. The molecule has 0 spiro atoms. The monoisotopic (exact) mass is 407 g/mol. The molecule has 0 N–H and O–H groups in total. The molecule has 0 amide bonds. The Morgan fingerprint density at radius 1 is 1.11 bits per heavy atom. The highest BCUT2D eigenvalue weighted by Crippen LogP contribution is 2.26. The van der Waals surface area contributed by atoms with E-state index in [1.54, 1.807) is 21.4 Å². The topological polar surface area (TPSA) is 63.4 Å². The maximum absolute atomic E-state index is 13.0. The Balaban J connectivity index is 1.42. The van der Waals surface area contributed by atoms with Crippen molar-refractivity contribution in [1.29, 1.82) is 0 Å². The first-order valence-electron chi connectivity index (χ1n) is 9.45. The average Bonchev–Trinajstić information content (AvgIpc) is 3.28. The van der Waals surface area contributed by atoms with Gasteiger partial charge in [-0.1, -0.05) is 6.07 Å². The van der Waals surface area contributed by atoms with Crippen LogP contribution in [0.3, 0.4) is 0 Å². The summed E-state index contributed by atoms with van der Waals surface area (Å²) in [6.07, 6.45) is 4.91. The van der Waals surface area contributed by atoms with Crippen LogP contribution in [0.4, 0.5) is 0 Å². The maximum Gasteiger partial charge on any atom is 0.243 e. The Bertz CT molecular complexity index is 987. The number of hydrogen-bond donors (Lipinski definition) is 0. The van der Waals surface area contributed by atoms with E-state index in [4.69, 9.17) is 12.2 Å². The van der Waals surface area contributed by atoms with E-state index in [-0.39, 0.29) is 0 Å². The van der Waals surface area contributed by atoms with E-state index in [1.807, 2.05) is 23.6 Å². The predicted molar refractivity (Wildman–Crippen MR) is 106 cm³/mol. The molecule has 1 saturated heterocycles. The predicted octanol–water partition coefficient (Wildman–Crippen LogP) is 1.89. The van der Waals surface area contributed by atoms with Gasteiger partial charge in [0.25, 0.3) is 0 Å². The molecule has 1 aliphatic heterocycles. The molecule has 7 nitrogen and oxygen atoms in total. The number of aromatic nitrogens is 3. The van der Waals surface area contributed by atoms with E-state index in [9.17, 15) is 8.42 Å². The van der Waals surface area contributed by atoms with Crippen molar-refractivity contribution in [3.8, 4) is 0 Å². The smallest absolute Gasteiger partial charge is 0.243 e. The Morgan fingerprint density at radius 2 is 1.85 bits per heavy atom. The number of fused-ring (bicyclic) bond motifs is 1. The van der Waals surface area contributed by atoms with Gasteiger partial charge in [-0.05, 0) is 61.7 Å². The molecule has 1 aromatic carbocycles. The third-order valence-corrected chi connectivity index (χ3v) is 7.85. The summed E-state index contributed by atoms with van der Waals surface area (Å²) in [5, 5.41) is 4.33. The van der Waals surface area contributed by atoms with E-state index in [2.05, 4.69) is 10.00 Å². The number of hydrogen-bond acceptors (Lipinski definition) is 5. The summed E-state index contributed by atoms with van der Waals surface area (Å²) in [5.74, 6) is 0. The lowest BCUT2D eigenvalue weighted by Gasteiger charge is -2.33. The summed E-state index contributed by atoms with van der Waals surface area (Å²) in [6, 6.07) is 5.63. The number of benzene rings is 1. The molecular formula is C18H25N5O2S2. The van der Waals surface area contributed by atoms with Crippen LogP contribution in [0.5, 0.6) is 0 Å². The lowest BCUT2D eigenvalue weighted by Crippen LogP contribution is -2.48. The third-order valence-electron chi connectivity index (χ3n) is 5.51. The fourth-order valence-corrected chi connectivity index (χ4v) is 5.60. The lowest BCUT2D eigenvalue weighted by atomic mass is 10.1. The van der Waals surface area contributed by atoms with Gasteiger partial charge in [-0.15, -0.1) is 0 Å². The Morgan fingerprint density at radius 3 is 2.56 bits per heavy atom. The summed E-state index contributed by atoms with van der Waals surface area (Å²) in [6.45, 7) is 5.74. The van der Waals surface area contributed by atoms with Crippen molar-refractivity contribution in [3.05, 3.63) is 40.4 Å². The molecule has 0 atom stereocenters. The fourth-order valence-electron chi connectivity index (χ4n) is 3.84. The quantitative estimate of drug-likeness (QED) is 0.709. The summed E-state index contributed by atoms with van der Waals surface area (Å²) in [5.41, 5.74) is 2.48. The molecule has 27 heavy (non-hydrogen) atoms. The van der Waals surface area contributed by atoms with Crippen molar-refractivity contribution in [3.63, 3.8) is 0 Å². The van der Waals surface area contributed by atoms with Crippen molar-refractivity contribution in [1.82, 2.24) is 23.6 Å². The van der Waals surface area contributed by atoms with Gasteiger partial charge in [0.1, 0.15) is 6.33 Å². The molecule has 0 radical (unpaired) electrons. The van der Waals surface area contributed by atoms with Gasteiger partial charge in [0, 0.05) is 32.7 Å². The minimum Gasteiger partial charge on any atom is -0.307 e. The van der Waals surface area contributed by atoms with Crippen LogP contribution < -0.4 is 0 Å². The Labute approximate surface area is 165 Å². The second kappa shape index (κ2) is 7.46. The van der Waals surface area contributed by atoms with Gasteiger partial charge in [0.2, 0.25) is 10.0 Å². The molecule has 1 aliphatic carbocycles. The minimum atomic E-state index is -3.43. The van der Waals surface area contributed by atoms with Gasteiger partial charge in [0.15, 0.2) is 4.77 Å². The van der Waals surface area contributed by atoms with Crippen molar-refractivity contribution in [2.45, 2.75) is 44.3 Å². The van der Waals surface area contributed by atoms with Crippen LogP contribution in [-0.2, 0) is 36.1 Å². The second-order valence-electron chi connectivity index (χ2n) is 7.15. The van der Waals surface area contributed by atoms with Crippen molar-refractivity contribution >= 4 is 22.2 Å². The average molecular weight is 408 g/mol. The van der Waals surface area contributed by atoms with E-state index in [0.29, 0.717) is 42.5 Å². The summed E-state index contributed by atoms with van der Waals surface area (Å²) in [4.78, 5) is 2.62. The highest BCUT2D eigenvalue weighted by Gasteiger charge is 2.29. The first-order chi connectivity index (χ1) is 13.0. The molecule has 4 rings (SSSR count). The summed E-state index contributed by atoms with van der Waals surface area (Å²) < 4.78 is 32.1. The molecule has 9 heteroatoms. The number of rotatable bonds is 5. The normalized spacial score (nSPS) is 18.7. The first-order valence-corrected chi connectivity index (χ1v) is 11.3. The second-order valence-corrected chi connectivity index (χ2v) is 9.45. The van der Waals surface area contributed by atoms with E-state index in [1.165, 1.54) is 11.1 Å². The van der Waals surface area contributed by atoms with E-state index in [0.717, 1.165) is 25.8 Å². The summed E-state index contributed by atoms with van der Waals surface area (Å²) in [7, 11) is -3.43. The fraction of sp³-hybridized carbons (Fsp3) is 0.556. The van der Waals surface area contributed by atoms with Crippen LogP contribution >= 0.6 is 12.2 Å². The number of aryl methyl sites for hydroxylation is 3. The number of piperazine rings is 1. The van der Waals surface area contributed by atoms with Crippen LogP contribution in [-0.4, -0.2) is 58.1 Å². The van der Waals surface area contributed by atoms with Crippen LogP contribution in [0.1, 0.15) is 24.5 Å². The largest absolute Gasteiger partial charge is 0.307 e. The van der Waals surface area contributed by atoms with E-state index >= 15 is 0 Å². The highest BCUT2D eigenvalue weighted by atomic mass is 32.2. The number of sulfonamides is 1. The van der Waals surface area contributed by atoms with Crippen LogP contribution in [0, 0.1) is 4.77 Å². The van der Waals surface area contributed by atoms with Crippen LogP contribution in [0.15, 0.2) is 29.4 Å². The molecule has 0 bridgehead atoms. The molecule has 2 aromatic rings. The molecule has 0 unspecified atom stereocenters. The zero-order valence-electron chi connectivity index (χ0n) is 15.5. The van der Waals surface area contributed by atoms with Gasteiger partial charge < -0.3 is 4.57 Å². The zero-order valence-corrected chi connectivity index (χ0v) is 17.2. The molecular weight excluding hydrogens is 382 g/mol. The maximum atomic E-state index is 13.0. The Hall–Kier alpha value is -1.55. The molecule has 1 fully saturated rings.